The molecule has 0 spiro atoms. The quantitative estimate of drug-likeness (QED) is 0.726. The van der Waals surface area contributed by atoms with Gasteiger partial charge in [0.25, 0.3) is 0 Å². The van der Waals surface area contributed by atoms with Crippen LogP contribution in [0.2, 0.25) is 0 Å². The fourth-order valence-corrected chi connectivity index (χ4v) is 2.60. The average molecular weight is 220 g/mol. The summed E-state index contributed by atoms with van der Waals surface area (Å²) in [4.78, 5) is 0. The topological polar surface area (TPSA) is 27.7 Å². The molecule has 0 aliphatic carbocycles. The Kier molecular flexibility index (Phi) is 2.11. The molecule has 2 heterocycles. The van der Waals surface area contributed by atoms with Crippen molar-refractivity contribution in [2.75, 3.05) is 13.2 Å². The molecular weight excluding hydrogens is 204 g/mol. The third-order valence-corrected chi connectivity index (χ3v) is 3.23. The molecule has 1 aromatic carbocycles. The maximum atomic E-state index is 6.01. The highest BCUT2D eigenvalue weighted by Crippen LogP contribution is 2.48. The van der Waals surface area contributed by atoms with E-state index < -0.39 is 5.79 Å². The lowest BCUT2D eigenvalue weighted by Crippen LogP contribution is -2.45. The molecule has 0 saturated carbocycles. The molecular formula is C13H16O3. The van der Waals surface area contributed by atoms with Crippen LogP contribution in [0.5, 0.6) is 0 Å². The molecule has 3 rings (SSSR count). The van der Waals surface area contributed by atoms with Gasteiger partial charge in [-0.25, -0.2) is 0 Å². The van der Waals surface area contributed by atoms with Gasteiger partial charge in [0.05, 0.1) is 6.61 Å². The Morgan fingerprint density at radius 2 is 1.88 bits per heavy atom. The van der Waals surface area contributed by atoms with Gasteiger partial charge < -0.3 is 14.2 Å². The fraction of sp³-hybridized carbons (Fsp3) is 0.538. The smallest absolute Gasteiger partial charge is 0.190 e. The van der Waals surface area contributed by atoms with Crippen LogP contribution in [0.3, 0.4) is 0 Å². The third kappa shape index (κ3) is 1.47. The average Bonchev–Trinajstić information content (AvgIpc) is 2.45. The van der Waals surface area contributed by atoms with E-state index in [1.807, 2.05) is 25.1 Å². The predicted molar refractivity (Wildman–Crippen MR) is 59.0 cm³/mol. The van der Waals surface area contributed by atoms with Crippen molar-refractivity contribution in [1.82, 2.24) is 0 Å². The van der Waals surface area contributed by atoms with Crippen molar-refractivity contribution in [3.05, 3.63) is 35.9 Å². The maximum absolute atomic E-state index is 6.01. The van der Waals surface area contributed by atoms with Crippen LogP contribution in [0.1, 0.15) is 25.5 Å². The minimum absolute atomic E-state index is 0.0406. The van der Waals surface area contributed by atoms with Crippen LogP contribution in [-0.2, 0) is 14.2 Å². The molecule has 3 nitrogen and oxygen atoms in total. The Bertz CT molecular complexity index is 391. The van der Waals surface area contributed by atoms with Crippen LogP contribution in [-0.4, -0.2) is 24.6 Å². The Balaban J connectivity index is 1.98. The SMILES string of the molecule is C[C@]12COC[C@](C)(O1)[C@H](c1ccccc1)O2. The summed E-state index contributed by atoms with van der Waals surface area (Å²) in [5.74, 6) is -0.590. The van der Waals surface area contributed by atoms with Crippen LogP contribution < -0.4 is 0 Å². The molecule has 0 amide bonds. The molecule has 86 valence electrons. The van der Waals surface area contributed by atoms with Crippen molar-refractivity contribution in [2.45, 2.75) is 31.3 Å². The third-order valence-electron chi connectivity index (χ3n) is 3.23. The molecule has 2 fully saturated rings. The van der Waals surface area contributed by atoms with E-state index in [1.165, 1.54) is 0 Å². The summed E-state index contributed by atoms with van der Waals surface area (Å²) >= 11 is 0. The Morgan fingerprint density at radius 1 is 1.12 bits per heavy atom. The highest BCUT2D eigenvalue weighted by molar-refractivity contribution is 5.22. The van der Waals surface area contributed by atoms with Crippen LogP contribution in [0.25, 0.3) is 0 Å². The molecule has 0 unspecified atom stereocenters. The van der Waals surface area contributed by atoms with Crippen LogP contribution in [0.15, 0.2) is 30.3 Å². The van der Waals surface area contributed by atoms with Gasteiger partial charge in [-0.3, -0.25) is 0 Å². The lowest BCUT2D eigenvalue weighted by atomic mass is 9.94. The van der Waals surface area contributed by atoms with Crippen LogP contribution >= 0.6 is 0 Å². The molecule has 2 bridgehead atoms. The molecule has 3 heteroatoms. The molecule has 2 aliphatic rings. The van der Waals surface area contributed by atoms with E-state index in [0.717, 1.165) is 5.56 Å². The second-order valence-corrected chi connectivity index (χ2v) is 4.95. The van der Waals surface area contributed by atoms with Crippen molar-refractivity contribution in [3.63, 3.8) is 0 Å². The summed E-state index contributed by atoms with van der Waals surface area (Å²) in [5, 5.41) is 0. The number of rotatable bonds is 1. The molecule has 3 atom stereocenters. The van der Waals surface area contributed by atoms with Gasteiger partial charge in [0.2, 0.25) is 0 Å². The van der Waals surface area contributed by atoms with Crippen LogP contribution in [0, 0.1) is 0 Å². The second kappa shape index (κ2) is 3.29. The zero-order valence-electron chi connectivity index (χ0n) is 9.60. The molecule has 16 heavy (non-hydrogen) atoms. The summed E-state index contributed by atoms with van der Waals surface area (Å²) < 4.78 is 17.6. The number of fused-ring (bicyclic) bond motifs is 2. The van der Waals surface area contributed by atoms with Gasteiger partial charge in [0, 0.05) is 0 Å². The summed E-state index contributed by atoms with van der Waals surface area (Å²) in [6, 6.07) is 10.2. The van der Waals surface area contributed by atoms with Gasteiger partial charge in [0.15, 0.2) is 5.79 Å². The number of benzene rings is 1. The first-order valence-electron chi connectivity index (χ1n) is 5.62. The van der Waals surface area contributed by atoms with Crippen LogP contribution in [0.4, 0.5) is 0 Å². The minimum atomic E-state index is -0.590. The predicted octanol–water partition coefficient (Wildman–Crippen LogP) is 2.28. The number of hydrogen-bond donors (Lipinski definition) is 0. The summed E-state index contributed by atoms with van der Waals surface area (Å²) in [6.07, 6.45) is -0.0406. The lowest BCUT2D eigenvalue weighted by molar-refractivity contribution is -0.248. The van der Waals surface area contributed by atoms with E-state index in [0.29, 0.717) is 13.2 Å². The minimum Gasteiger partial charge on any atom is -0.373 e. The summed E-state index contributed by atoms with van der Waals surface area (Å²) in [7, 11) is 0. The van der Waals surface area contributed by atoms with Gasteiger partial charge in [-0.05, 0) is 19.4 Å². The zero-order chi connectivity index (χ0) is 11.2. The summed E-state index contributed by atoms with van der Waals surface area (Å²) in [6.45, 7) is 5.08. The van der Waals surface area contributed by atoms with Crippen molar-refractivity contribution in [3.8, 4) is 0 Å². The van der Waals surface area contributed by atoms with Gasteiger partial charge in [-0.2, -0.15) is 0 Å². The standard InChI is InChI=1S/C13H16O3/c1-12-8-14-9-13(2,16-12)15-11(12)10-6-4-3-5-7-10/h3-7,11H,8-9H2,1-2H3/t11-,12-,13+/m0/s1. The normalized spacial score (nSPS) is 42.2. The molecule has 0 aromatic heterocycles. The van der Waals surface area contributed by atoms with E-state index in [9.17, 15) is 0 Å². The number of hydrogen-bond acceptors (Lipinski definition) is 3. The van der Waals surface area contributed by atoms with E-state index >= 15 is 0 Å². The molecule has 1 aromatic rings. The summed E-state index contributed by atoms with van der Waals surface area (Å²) in [5.41, 5.74) is 0.785. The lowest BCUT2D eigenvalue weighted by Gasteiger charge is -2.34. The highest BCUT2D eigenvalue weighted by Gasteiger charge is 2.56. The molecule has 0 N–H and O–H groups in total. The van der Waals surface area contributed by atoms with Crippen molar-refractivity contribution in [1.29, 1.82) is 0 Å². The molecule has 2 aliphatic heterocycles. The van der Waals surface area contributed by atoms with Crippen molar-refractivity contribution < 1.29 is 14.2 Å². The molecule has 0 radical (unpaired) electrons. The highest BCUT2D eigenvalue weighted by atomic mass is 16.8. The first kappa shape index (κ1) is 10.3. The van der Waals surface area contributed by atoms with Gasteiger partial charge in [0.1, 0.15) is 18.3 Å². The Labute approximate surface area is 95.3 Å². The fourth-order valence-electron chi connectivity index (χ4n) is 2.60. The van der Waals surface area contributed by atoms with Gasteiger partial charge >= 0.3 is 0 Å². The largest absolute Gasteiger partial charge is 0.373 e. The maximum Gasteiger partial charge on any atom is 0.190 e. The Hall–Kier alpha value is -0.900. The van der Waals surface area contributed by atoms with Crippen molar-refractivity contribution >= 4 is 0 Å². The van der Waals surface area contributed by atoms with E-state index in [-0.39, 0.29) is 11.7 Å². The van der Waals surface area contributed by atoms with Crippen molar-refractivity contribution in [2.24, 2.45) is 0 Å². The second-order valence-electron chi connectivity index (χ2n) is 4.95. The first-order chi connectivity index (χ1) is 7.61. The number of ether oxygens (including phenoxy) is 3. The van der Waals surface area contributed by atoms with E-state index in [1.54, 1.807) is 0 Å². The van der Waals surface area contributed by atoms with E-state index in [4.69, 9.17) is 14.2 Å². The van der Waals surface area contributed by atoms with Gasteiger partial charge in [-0.1, -0.05) is 30.3 Å². The monoisotopic (exact) mass is 220 g/mol. The van der Waals surface area contributed by atoms with E-state index in [2.05, 4.69) is 19.1 Å². The van der Waals surface area contributed by atoms with Gasteiger partial charge in [-0.15, -0.1) is 0 Å². The Morgan fingerprint density at radius 3 is 2.56 bits per heavy atom. The molecule has 2 saturated heterocycles. The first-order valence-corrected chi connectivity index (χ1v) is 5.62. The zero-order valence-corrected chi connectivity index (χ0v) is 9.60.